The Bertz CT molecular complexity index is 1160. The predicted molar refractivity (Wildman–Crippen MR) is 150 cm³/mol. The molecule has 5 N–H and O–H groups in total. The molecule has 0 radical (unpaired) electrons. The highest BCUT2D eigenvalue weighted by Gasteiger charge is 2.35. The van der Waals surface area contributed by atoms with Crippen molar-refractivity contribution in [1.29, 1.82) is 0 Å². The van der Waals surface area contributed by atoms with Crippen molar-refractivity contribution in [2.45, 2.75) is 44.4 Å². The lowest BCUT2D eigenvalue weighted by Crippen LogP contribution is -2.58. The molecule has 0 unspecified atom stereocenters. The molecule has 212 valence electrons. The Hall–Kier alpha value is -2.70. The summed E-state index contributed by atoms with van der Waals surface area (Å²) in [6.45, 7) is 5.08. The summed E-state index contributed by atoms with van der Waals surface area (Å²) in [5, 5.41) is 21.5. The smallest absolute Gasteiger partial charge is 0.273 e. The van der Waals surface area contributed by atoms with Crippen molar-refractivity contribution >= 4 is 46.7 Å². The average Bonchev–Trinajstić information content (AvgIpc) is 2.96. The number of carbonyl (C=O) groups excluding carboxylic acids is 2. The second kappa shape index (κ2) is 13.1. The first kappa shape index (κ1) is 29.3. The summed E-state index contributed by atoms with van der Waals surface area (Å²) < 4.78 is 0. The highest BCUT2D eigenvalue weighted by Crippen LogP contribution is 2.30. The minimum absolute atomic E-state index is 0.0366. The van der Waals surface area contributed by atoms with Crippen LogP contribution in [0.1, 0.15) is 47.0 Å². The van der Waals surface area contributed by atoms with Gasteiger partial charge >= 0.3 is 0 Å². The highest BCUT2D eigenvalue weighted by molar-refractivity contribution is 6.32. The zero-order chi connectivity index (χ0) is 28.1. The molecule has 0 aliphatic carbocycles. The summed E-state index contributed by atoms with van der Waals surface area (Å²) in [5.74, 6) is -0.214. The number of aliphatic hydroxyl groups is 2. The summed E-state index contributed by atoms with van der Waals surface area (Å²) in [6, 6.07) is 7.64. The Morgan fingerprint density at radius 1 is 1.13 bits per heavy atom. The number of benzene rings is 1. The van der Waals surface area contributed by atoms with Crippen LogP contribution in [0, 0.1) is 0 Å². The van der Waals surface area contributed by atoms with Gasteiger partial charge in [-0.25, -0.2) is 9.97 Å². The van der Waals surface area contributed by atoms with Crippen LogP contribution < -0.4 is 16.0 Å². The lowest BCUT2D eigenvalue weighted by atomic mass is 9.97. The number of nitrogens with one attached hydrogen (secondary N) is 1. The molecule has 3 heterocycles. The number of aromatic nitrogens is 2. The van der Waals surface area contributed by atoms with Gasteiger partial charge in [-0.05, 0) is 43.5 Å². The molecule has 4 rings (SSSR count). The molecule has 2 atom stereocenters. The molecule has 39 heavy (non-hydrogen) atoms. The normalized spacial score (nSPS) is 19.7. The number of anilines is 2. The number of piperazine rings is 1. The quantitative estimate of drug-likeness (QED) is 0.366. The summed E-state index contributed by atoms with van der Waals surface area (Å²) in [7, 11) is 0. The fraction of sp³-hybridized carbons (Fsp3) is 0.538. The van der Waals surface area contributed by atoms with Crippen molar-refractivity contribution in [2.24, 2.45) is 0 Å². The molecule has 2 saturated heterocycles. The number of carbonyl (C=O) groups is 2. The number of amides is 2. The number of nitrogen functional groups attached to an aromatic ring is 1. The molecule has 0 saturated carbocycles. The van der Waals surface area contributed by atoms with Crippen LogP contribution in [0.15, 0.2) is 24.3 Å². The van der Waals surface area contributed by atoms with E-state index in [1.54, 1.807) is 24.3 Å². The van der Waals surface area contributed by atoms with Crippen molar-refractivity contribution < 1.29 is 19.8 Å². The van der Waals surface area contributed by atoms with Gasteiger partial charge in [0.05, 0.1) is 12.7 Å². The van der Waals surface area contributed by atoms with E-state index >= 15 is 0 Å². The van der Waals surface area contributed by atoms with E-state index in [-0.39, 0.29) is 35.2 Å². The molecular formula is C26H35Cl2N7O4. The third kappa shape index (κ3) is 6.90. The maximum atomic E-state index is 12.9. The van der Waals surface area contributed by atoms with Gasteiger partial charge in [-0.2, -0.15) is 0 Å². The fourth-order valence-electron chi connectivity index (χ4n) is 5.23. The maximum absolute atomic E-state index is 12.9. The summed E-state index contributed by atoms with van der Waals surface area (Å²) in [4.78, 5) is 40.4. The minimum Gasteiger partial charge on any atom is -0.394 e. The van der Waals surface area contributed by atoms with E-state index in [2.05, 4.69) is 27.1 Å². The molecule has 2 aromatic rings. The van der Waals surface area contributed by atoms with Crippen molar-refractivity contribution in [3.8, 4) is 0 Å². The lowest BCUT2D eigenvalue weighted by Gasteiger charge is -2.47. The number of halogens is 2. The maximum Gasteiger partial charge on any atom is 0.273 e. The van der Waals surface area contributed by atoms with E-state index < -0.39 is 18.6 Å². The molecule has 1 aromatic heterocycles. The topological polar surface area (TPSA) is 148 Å². The van der Waals surface area contributed by atoms with E-state index in [0.29, 0.717) is 48.6 Å². The van der Waals surface area contributed by atoms with Crippen LogP contribution in [0.25, 0.3) is 0 Å². The molecule has 13 heteroatoms. The second-order valence-electron chi connectivity index (χ2n) is 9.89. The molecule has 0 spiro atoms. The predicted octanol–water partition coefficient (Wildman–Crippen LogP) is 1.65. The zero-order valence-corrected chi connectivity index (χ0v) is 23.4. The number of hydrogen-bond donors (Lipinski definition) is 4. The molecule has 2 aliphatic rings. The van der Waals surface area contributed by atoms with Crippen molar-refractivity contribution in [3.63, 3.8) is 0 Å². The van der Waals surface area contributed by atoms with Gasteiger partial charge in [0, 0.05) is 61.9 Å². The largest absolute Gasteiger partial charge is 0.394 e. The Morgan fingerprint density at radius 3 is 2.46 bits per heavy atom. The Morgan fingerprint density at radius 2 is 1.82 bits per heavy atom. The molecule has 0 bridgehead atoms. The third-order valence-corrected chi connectivity index (χ3v) is 7.90. The van der Waals surface area contributed by atoms with Crippen LogP contribution in [-0.2, 0) is 0 Å². The summed E-state index contributed by atoms with van der Waals surface area (Å²) in [5.41, 5.74) is 6.58. The Balaban J connectivity index is 1.36. The van der Waals surface area contributed by atoms with Gasteiger partial charge in [0.25, 0.3) is 11.8 Å². The Labute approximate surface area is 237 Å². The lowest BCUT2D eigenvalue weighted by molar-refractivity contribution is 0.0490. The van der Waals surface area contributed by atoms with Crippen LogP contribution >= 0.6 is 23.2 Å². The number of nitrogens with two attached hydrogens (primary N) is 1. The van der Waals surface area contributed by atoms with E-state index in [1.165, 1.54) is 0 Å². The van der Waals surface area contributed by atoms with E-state index in [1.807, 2.05) is 9.80 Å². The van der Waals surface area contributed by atoms with Crippen LogP contribution in [0.2, 0.25) is 10.2 Å². The fourth-order valence-corrected chi connectivity index (χ4v) is 5.60. The number of hydrogen-bond acceptors (Lipinski definition) is 9. The number of nitrogens with zero attached hydrogens (tertiary/aromatic N) is 5. The van der Waals surface area contributed by atoms with E-state index in [9.17, 15) is 14.7 Å². The van der Waals surface area contributed by atoms with Gasteiger partial charge in [-0.1, -0.05) is 30.1 Å². The SMILES string of the molecule is CC[C@H]1CN(c2nc(N)c(C(=O)NC[C@H](O)CO)nc2Cl)CCN1C1CCN(C(=O)c2ccc(Cl)cc2)CC1. The van der Waals surface area contributed by atoms with Gasteiger partial charge in [0.15, 0.2) is 22.5 Å². The highest BCUT2D eigenvalue weighted by atomic mass is 35.5. The minimum atomic E-state index is -1.09. The van der Waals surface area contributed by atoms with Gasteiger partial charge in [-0.3, -0.25) is 14.5 Å². The first-order chi connectivity index (χ1) is 18.7. The molecule has 1 aromatic carbocycles. The monoisotopic (exact) mass is 579 g/mol. The zero-order valence-electron chi connectivity index (χ0n) is 21.9. The summed E-state index contributed by atoms with van der Waals surface area (Å²) >= 11 is 12.4. The molecule has 2 fully saturated rings. The second-order valence-corrected chi connectivity index (χ2v) is 10.7. The standard InChI is InChI=1S/C26H35Cl2N7O4/c1-2-18-14-34(24-22(28)31-21(23(29)32-24)25(38)30-13-20(37)15-36)11-12-35(18)19-7-9-33(10-8-19)26(39)16-3-5-17(27)6-4-16/h3-6,18-20,36-37H,2,7-15H2,1H3,(H2,29,32)(H,30,38)/t18-,20-/m0/s1. The molecule has 11 nitrogen and oxygen atoms in total. The Kier molecular flexibility index (Phi) is 9.84. The van der Waals surface area contributed by atoms with Crippen molar-refractivity contribution in [3.05, 3.63) is 45.7 Å². The van der Waals surface area contributed by atoms with Gasteiger partial charge in [-0.15, -0.1) is 0 Å². The first-order valence-electron chi connectivity index (χ1n) is 13.2. The van der Waals surface area contributed by atoms with Gasteiger partial charge in [0.1, 0.15) is 0 Å². The number of rotatable bonds is 8. The van der Waals surface area contributed by atoms with Crippen molar-refractivity contribution in [2.75, 3.05) is 56.5 Å². The van der Waals surface area contributed by atoms with Crippen LogP contribution in [0.5, 0.6) is 0 Å². The number of likely N-dealkylation sites (tertiary alicyclic amines) is 1. The van der Waals surface area contributed by atoms with Gasteiger partial charge in [0.2, 0.25) is 0 Å². The van der Waals surface area contributed by atoms with Crippen LogP contribution in [-0.4, -0.2) is 106 Å². The van der Waals surface area contributed by atoms with Crippen LogP contribution in [0.3, 0.4) is 0 Å². The number of piperidine rings is 1. The van der Waals surface area contributed by atoms with Gasteiger partial charge < -0.3 is 31.1 Å². The molecule has 2 aliphatic heterocycles. The van der Waals surface area contributed by atoms with Crippen LogP contribution in [0.4, 0.5) is 11.6 Å². The van der Waals surface area contributed by atoms with E-state index in [0.717, 1.165) is 25.8 Å². The molecular weight excluding hydrogens is 545 g/mol. The summed E-state index contributed by atoms with van der Waals surface area (Å²) in [6.07, 6.45) is 1.64. The average molecular weight is 581 g/mol. The number of aliphatic hydroxyl groups excluding tert-OH is 2. The van der Waals surface area contributed by atoms with Crippen molar-refractivity contribution in [1.82, 2.24) is 25.1 Å². The molecule has 2 amide bonds. The first-order valence-corrected chi connectivity index (χ1v) is 13.9. The van der Waals surface area contributed by atoms with E-state index in [4.69, 9.17) is 34.0 Å². The third-order valence-electron chi connectivity index (χ3n) is 7.40.